The number of nitrogens with one attached hydrogen (secondary N) is 1. The van der Waals surface area contributed by atoms with Crippen LogP contribution in [-0.4, -0.2) is 11.1 Å². The van der Waals surface area contributed by atoms with Crippen LogP contribution in [0.1, 0.15) is 11.1 Å². The first-order chi connectivity index (χ1) is 15.7. The number of carbonyl (C=O) groups is 1. The number of carbonyl (C=O) groups excluding carboxylic acids is 1. The Morgan fingerprint density at radius 2 is 1.64 bits per heavy atom. The summed E-state index contributed by atoms with van der Waals surface area (Å²) in [5.41, 5.74) is 2.71. The molecule has 1 heterocycles. The van der Waals surface area contributed by atoms with Gasteiger partial charge in [-0.3, -0.25) is 9.79 Å². The molecule has 4 nitrogen and oxygen atoms in total. The van der Waals surface area contributed by atoms with Gasteiger partial charge in [0.15, 0.2) is 5.17 Å². The van der Waals surface area contributed by atoms with Gasteiger partial charge in [0.2, 0.25) is 0 Å². The molecular formula is C27H19N2NaO2S. The number of aliphatic imine (C=N–C) groups is 1. The van der Waals surface area contributed by atoms with E-state index in [2.05, 4.69) is 34.6 Å². The van der Waals surface area contributed by atoms with Crippen molar-refractivity contribution in [3.05, 3.63) is 113 Å². The van der Waals surface area contributed by atoms with Crippen LogP contribution in [0, 0.1) is 6.07 Å². The van der Waals surface area contributed by atoms with Crippen molar-refractivity contribution < 1.29 is 39.1 Å². The molecule has 0 spiro atoms. The molecular weight excluding hydrogens is 439 g/mol. The normalized spacial score (nSPS) is 15.5. The summed E-state index contributed by atoms with van der Waals surface area (Å²) >= 11 is 1.32. The van der Waals surface area contributed by atoms with E-state index in [1.807, 2.05) is 66.7 Å². The third-order valence-corrected chi connectivity index (χ3v) is 5.89. The molecule has 0 unspecified atom stereocenters. The number of thioether (sulfide) groups is 1. The molecule has 0 radical (unpaired) electrons. The van der Waals surface area contributed by atoms with E-state index < -0.39 is 0 Å². The monoisotopic (exact) mass is 458 g/mol. The molecule has 1 aliphatic rings. The molecule has 6 heteroatoms. The number of amides is 1. The van der Waals surface area contributed by atoms with E-state index in [9.17, 15) is 4.79 Å². The second-order valence-electron chi connectivity index (χ2n) is 7.25. The Labute approximate surface area is 219 Å². The molecule has 0 saturated carbocycles. The molecule has 5 rings (SSSR count). The van der Waals surface area contributed by atoms with E-state index in [0.29, 0.717) is 16.7 Å². The maximum atomic E-state index is 12.6. The molecule has 1 amide bonds. The van der Waals surface area contributed by atoms with E-state index in [1.165, 1.54) is 11.8 Å². The van der Waals surface area contributed by atoms with Crippen LogP contribution >= 0.6 is 11.8 Å². The zero-order valence-electron chi connectivity index (χ0n) is 18.1. The minimum atomic E-state index is -0.168. The van der Waals surface area contributed by atoms with Crippen molar-refractivity contribution in [2.24, 2.45) is 4.99 Å². The molecule has 0 atom stereocenters. The Balaban J connectivity index is 0.00000259. The molecule has 1 N–H and O–H groups in total. The van der Waals surface area contributed by atoms with Gasteiger partial charge in [0.05, 0.1) is 4.91 Å². The van der Waals surface area contributed by atoms with Crippen LogP contribution in [0.15, 0.2) is 101 Å². The summed E-state index contributed by atoms with van der Waals surface area (Å²) in [5, 5.41) is 5.57. The number of hydrogen-bond donors (Lipinski definition) is 1. The van der Waals surface area contributed by atoms with Gasteiger partial charge in [0.25, 0.3) is 5.91 Å². The minimum Gasteiger partial charge on any atom is -0.488 e. The number of nitrogens with zero attached hydrogens (tertiary/aromatic N) is 1. The number of hydrogen-bond acceptors (Lipinski definition) is 4. The fourth-order valence-corrected chi connectivity index (χ4v) is 4.23. The molecule has 1 saturated heterocycles. The fourth-order valence-electron chi connectivity index (χ4n) is 3.40. The summed E-state index contributed by atoms with van der Waals surface area (Å²) in [7, 11) is 0. The number of fused-ring (bicyclic) bond motifs is 1. The van der Waals surface area contributed by atoms with Gasteiger partial charge in [-0.25, -0.2) is 0 Å². The quantitative estimate of drug-likeness (QED) is 0.284. The van der Waals surface area contributed by atoms with Crippen molar-refractivity contribution in [1.29, 1.82) is 0 Å². The zero-order valence-corrected chi connectivity index (χ0v) is 20.9. The Morgan fingerprint density at radius 1 is 0.939 bits per heavy atom. The van der Waals surface area contributed by atoms with E-state index in [0.717, 1.165) is 33.3 Å². The van der Waals surface area contributed by atoms with Gasteiger partial charge in [-0.15, -0.1) is 12.1 Å². The SMILES string of the molecule is O=C1NC(=Nc2cc[c-]cc2)SC1=Cc1cc2ccccc2cc1OCc1ccccc1.[Na+]. The summed E-state index contributed by atoms with van der Waals surface area (Å²) in [5.74, 6) is 0.566. The average Bonchev–Trinajstić information content (AvgIpc) is 3.17. The van der Waals surface area contributed by atoms with E-state index in [-0.39, 0.29) is 35.5 Å². The van der Waals surface area contributed by atoms with Crippen molar-refractivity contribution in [3.8, 4) is 5.75 Å². The molecule has 156 valence electrons. The molecule has 0 bridgehead atoms. The molecule has 4 aromatic carbocycles. The summed E-state index contributed by atoms with van der Waals surface area (Å²) in [6.07, 6.45) is 1.87. The van der Waals surface area contributed by atoms with E-state index in [4.69, 9.17) is 4.74 Å². The smallest absolute Gasteiger partial charge is 0.488 e. The maximum absolute atomic E-state index is 12.6. The van der Waals surface area contributed by atoms with E-state index in [1.54, 1.807) is 12.1 Å². The molecule has 0 aliphatic carbocycles. The summed E-state index contributed by atoms with van der Waals surface area (Å²) in [6, 6.07) is 32.5. The van der Waals surface area contributed by atoms with Crippen LogP contribution in [0.4, 0.5) is 5.69 Å². The van der Waals surface area contributed by atoms with Gasteiger partial charge in [0, 0.05) is 5.56 Å². The summed E-state index contributed by atoms with van der Waals surface area (Å²) in [6.45, 7) is 0.451. The summed E-state index contributed by atoms with van der Waals surface area (Å²) in [4.78, 5) is 17.7. The Morgan fingerprint density at radius 3 is 2.39 bits per heavy atom. The Hall–Kier alpha value is -2.83. The fraction of sp³-hybridized carbons (Fsp3) is 0.0370. The first kappa shape index (κ1) is 23.3. The zero-order chi connectivity index (χ0) is 21.8. The van der Waals surface area contributed by atoms with Crippen LogP contribution in [0.25, 0.3) is 16.8 Å². The minimum absolute atomic E-state index is 0. The van der Waals surface area contributed by atoms with E-state index >= 15 is 0 Å². The maximum Gasteiger partial charge on any atom is 1.00 e. The van der Waals surface area contributed by atoms with Gasteiger partial charge in [0.1, 0.15) is 12.4 Å². The molecule has 1 fully saturated rings. The Bertz CT molecular complexity index is 1340. The topological polar surface area (TPSA) is 50.7 Å². The molecule has 33 heavy (non-hydrogen) atoms. The number of ether oxygens (including phenoxy) is 1. The van der Waals surface area contributed by atoms with Gasteiger partial charge in [-0.2, -0.15) is 18.2 Å². The van der Waals surface area contributed by atoms with Crippen LogP contribution in [0.5, 0.6) is 5.75 Å². The van der Waals surface area contributed by atoms with Gasteiger partial charge in [-0.1, -0.05) is 54.6 Å². The number of benzene rings is 4. The third kappa shape index (κ3) is 5.75. The molecule has 1 aliphatic heterocycles. The van der Waals surface area contributed by atoms with Crippen LogP contribution in [-0.2, 0) is 11.4 Å². The van der Waals surface area contributed by atoms with Crippen molar-refractivity contribution in [2.75, 3.05) is 0 Å². The van der Waals surface area contributed by atoms with Gasteiger partial charge >= 0.3 is 29.6 Å². The van der Waals surface area contributed by atoms with Gasteiger partial charge in [-0.05, 0) is 52.0 Å². The largest absolute Gasteiger partial charge is 1.00 e. The standard InChI is InChI=1S/C27H19N2O2S.Na/c30-26-25(32-27(29-26)28-23-13-5-2-6-14-23)17-22-15-20-11-7-8-12-21(20)16-24(22)31-18-19-9-3-1-4-10-19;/h1,3-17H,18H2,(H,28,29,30);/q-1;+1. The number of rotatable bonds is 5. The second kappa shape index (κ2) is 10.9. The molecule has 4 aromatic rings. The van der Waals surface area contributed by atoms with Crippen molar-refractivity contribution in [3.63, 3.8) is 0 Å². The van der Waals surface area contributed by atoms with Crippen molar-refractivity contribution in [1.82, 2.24) is 5.32 Å². The first-order valence-electron chi connectivity index (χ1n) is 10.2. The third-order valence-electron chi connectivity index (χ3n) is 4.98. The second-order valence-corrected chi connectivity index (χ2v) is 8.28. The van der Waals surface area contributed by atoms with Gasteiger partial charge < -0.3 is 10.1 Å². The van der Waals surface area contributed by atoms with Crippen LogP contribution < -0.4 is 39.6 Å². The predicted octanol–water partition coefficient (Wildman–Crippen LogP) is 3.11. The summed E-state index contributed by atoms with van der Waals surface area (Å²) < 4.78 is 6.18. The number of amidine groups is 1. The average molecular weight is 459 g/mol. The Kier molecular flexibility index (Phi) is 7.68. The predicted molar refractivity (Wildman–Crippen MR) is 131 cm³/mol. The van der Waals surface area contributed by atoms with Crippen LogP contribution in [0.3, 0.4) is 0 Å². The van der Waals surface area contributed by atoms with Crippen molar-refractivity contribution >= 4 is 45.4 Å². The first-order valence-corrected chi connectivity index (χ1v) is 11.0. The van der Waals surface area contributed by atoms with Crippen LogP contribution in [0.2, 0.25) is 0 Å². The molecule has 0 aromatic heterocycles. The van der Waals surface area contributed by atoms with Crippen molar-refractivity contribution in [2.45, 2.75) is 6.61 Å².